The van der Waals surface area contributed by atoms with Crippen molar-refractivity contribution in [1.29, 1.82) is 0 Å². The number of rotatable bonds is 6. The van der Waals surface area contributed by atoms with Crippen LogP contribution in [0.25, 0.3) is 5.65 Å². The summed E-state index contributed by atoms with van der Waals surface area (Å²) in [6, 6.07) is 11.3. The van der Waals surface area contributed by atoms with Gasteiger partial charge in [0, 0.05) is 44.0 Å². The first-order valence-electron chi connectivity index (χ1n) is 13.4. The number of hydrogen-bond donors (Lipinski definition) is 1. The summed E-state index contributed by atoms with van der Waals surface area (Å²) in [4.78, 5) is 18.5. The highest BCUT2D eigenvalue weighted by Crippen LogP contribution is 2.37. The zero-order chi connectivity index (χ0) is 29.8. The number of hydrogen-bond acceptors (Lipinski definition) is 7. The highest BCUT2D eigenvalue weighted by molar-refractivity contribution is 7.89. The number of pyridine rings is 2. The maximum atomic E-state index is 13.8. The molecule has 0 aliphatic carbocycles. The van der Waals surface area contributed by atoms with Crippen molar-refractivity contribution in [1.82, 2.24) is 23.9 Å². The summed E-state index contributed by atoms with van der Waals surface area (Å²) < 4.78 is 69.9. The molecule has 4 aromatic rings. The molecule has 0 amide bonds. The fourth-order valence-electron chi connectivity index (χ4n) is 5.91. The van der Waals surface area contributed by atoms with Crippen molar-refractivity contribution in [2.24, 2.45) is 0 Å². The molecule has 1 N–H and O–H groups in total. The lowest BCUT2D eigenvalue weighted by atomic mass is 9.87. The molecule has 2 atom stereocenters. The van der Waals surface area contributed by atoms with E-state index < -0.39 is 33.9 Å². The molecule has 0 spiro atoms. The van der Waals surface area contributed by atoms with Crippen molar-refractivity contribution >= 4 is 41.0 Å². The van der Waals surface area contributed by atoms with Gasteiger partial charge in [-0.3, -0.25) is 9.20 Å². The number of carbonyl (C=O) groups is 1. The van der Waals surface area contributed by atoms with Crippen LogP contribution in [-0.4, -0.2) is 62.5 Å². The predicted octanol–water partition coefficient (Wildman–Crippen LogP) is 4.34. The van der Waals surface area contributed by atoms with Gasteiger partial charge in [-0.25, -0.2) is 13.4 Å². The number of nitrogens with zero attached hydrogens (tertiary/aromatic N) is 6. The van der Waals surface area contributed by atoms with E-state index in [2.05, 4.69) is 20.1 Å². The molecule has 1 saturated heterocycles. The van der Waals surface area contributed by atoms with Crippen LogP contribution in [0, 0.1) is 6.92 Å². The van der Waals surface area contributed by atoms with Gasteiger partial charge in [-0.2, -0.15) is 31.0 Å². The van der Waals surface area contributed by atoms with Crippen molar-refractivity contribution in [2.45, 2.75) is 55.8 Å². The van der Waals surface area contributed by atoms with Gasteiger partial charge in [0.25, 0.3) is 0 Å². The number of sulfonamides is 1. The number of carboxylic acid groups (broad SMARTS) is 1. The molecule has 0 bridgehead atoms. The number of carboxylic acids is 1. The Kier molecular flexibility index (Phi) is 8.17. The van der Waals surface area contributed by atoms with Gasteiger partial charge in [0.15, 0.2) is 5.65 Å². The molecule has 5 heterocycles. The molecule has 1 aromatic carbocycles. The maximum absolute atomic E-state index is 13.8. The molecule has 0 radical (unpaired) electrons. The lowest BCUT2D eigenvalue weighted by molar-refractivity contribution is -0.145. The first-order chi connectivity index (χ1) is 19.9. The third-order valence-electron chi connectivity index (χ3n) is 8.02. The van der Waals surface area contributed by atoms with Gasteiger partial charge in [-0.15, -0.1) is 10.2 Å². The number of anilines is 1. The third-order valence-corrected chi connectivity index (χ3v) is 9.86. The van der Waals surface area contributed by atoms with Crippen LogP contribution in [0.4, 0.5) is 19.0 Å². The normalized spacial score (nSPS) is 18.9. The minimum Gasteiger partial charge on any atom is -0.481 e. The molecule has 3 aromatic heterocycles. The second-order valence-electron chi connectivity index (χ2n) is 10.7. The summed E-state index contributed by atoms with van der Waals surface area (Å²) in [6.07, 6.45) is -0.496. The molecule has 0 saturated carbocycles. The first-order valence-corrected chi connectivity index (χ1v) is 14.8. The number of aromatic nitrogens is 4. The Morgan fingerprint density at radius 3 is 2.65 bits per heavy atom. The van der Waals surface area contributed by atoms with Crippen LogP contribution < -0.4 is 4.90 Å². The molecule has 2 aliphatic heterocycles. The number of aliphatic carboxylic acids is 1. The van der Waals surface area contributed by atoms with Gasteiger partial charge in [0.1, 0.15) is 10.7 Å². The van der Waals surface area contributed by atoms with E-state index >= 15 is 0 Å². The zero-order valence-corrected chi connectivity index (χ0v) is 24.8. The summed E-state index contributed by atoms with van der Waals surface area (Å²) >= 11 is 0. The lowest BCUT2D eigenvalue weighted by Gasteiger charge is -2.26. The highest BCUT2D eigenvalue weighted by Gasteiger charge is 2.40. The average molecular weight is 635 g/mol. The van der Waals surface area contributed by atoms with Gasteiger partial charge < -0.3 is 10.0 Å². The third kappa shape index (κ3) is 5.68. The Morgan fingerprint density at radius 1 is 1.14 bits per heavy atom. The Labute approximate surface area is 252 Å². The van der Waals surface area contributed by atoms with E-state index in [0.717, 1.165) is 29.4 Å². The summed E-state index contributed by atoms with van der Waals surface area (Å²) in [5, 5.41) is 16.6. The molecule has 228 valence electrons. The summed E-state index contributed by atoms with van der Waals surface area (Å²) in [5.74, 6) is -2.53. The van der Waals surface area contributed by atoms with Crippen LogP contribution in [0.3, 0.4) is 0 Å². The van der Waals surface area contributed by atoms with E-state index in [0.29, 0.717) is 22.5 Å². The molecule has 2 aliphatic rings. The maximum Gasteiger partial charge on any atom is 0.452 e. The van der Waals surface area contributed by atoms with Crippen LogP contribution >= 0.6 is 13.5 Å². The number of benzene rings is 1. The molecule has 15 heteroatoms. The Hall–Kier alpha value is -3.69. The van der Waals surface area contributed by atoms with Gasteiger partial charge in [0.05, 0.1) is 6.42 Å². The molecule has 43 heavy (non-hydrogen) atoms. The van der Waals surface area contributed by atoms with Crippen molar-refractivity contribution in [3.05, 3.63) is 82.9 Å². The molecule has 10 nitrogen and oxygen atoms in total. The molecule has 0 unspecified atom stereocenters. The number of alkyl halides is 3. The van der Waals surface area contributed by atoms with Gasteiger partial charge in [0.2, 0.25) is 15.8 Å². The number of fused-ring (bicyclic) bond motifs is 4. The molecule has 6 rings (SSSR count). The summed E-state index contributed by atoms with van der Waals surface area (Å²) in [5.41, 5.74) is 2.50. The quantitative estimate of drug-likeness (QED) is 0.333. The van der Waals surface area contributed by atoms with Crippen LogP contribution in [0.2, 0.25) is 0 Å². The van der Waals surface area contributed by atoms with Crippen LogP contribution in [0.15, 0.2) is 59.8 Å². The van der Waals surface area contributed by atoms with Crippen LogP contribution in [0.1, 0.15) is 53.3 Å². The largest absolute Gasteiger partial charge is 0.481 e. The fourth-order valence-corrected chi connectivity index (χ4v) is 7.52. The smallest absolute Gasteiger partial charge is 0.452 e. The second kappa shape index (κ2) is 11.4. The lowest BCUT2D eigenvalue weighted by Crippen LogP contribution is -2.39. The van der Waals surface area contributed by atoms with Crippen LogP contribution in [-0.2, 0) is 27.5 Å². The topological polar surface area (TPSA) is 121 Å². The van der Waals surface area contributed by atoms with E-state index in [-0.39, 0.29) is 49.6 Å². The van der Waals surface area contributed by atoms with Gasteiger partial charge in [-0.1, -0.05) is 18.2 Å². The zero-order valence-electron chi connectivity index (χ0n) is 23.0. The van der Waals surface area contributed by atoms with Crippen molar-refractivity contribution in [2.75, 3.05) is 18.0 Å². The standard InChI is InChI=1S/C28H27F3N6O4S.H2S/c1-17-6-7-18(22(14-25(38)39)19-8-11-37-24(13-19)33-34-27(37)28(29,30)31)12-20(17)15-35-16-21-4-3-10-36(21)26-23(42(35,40)41)5-2-9-32-26;/h2,5-9,11-13,21-22H,3-4,10,14-16H2,1H3,(H,38,39);1H2/t21-,22-;/m0./s1. The Bertz CT molecular complexity index is 1800. The molecular formula is C28H29F3N6O4S2. The van der Waals surface area contributed by atoms with E-state index in [1.54, 1.807) is 36.5 Å². The monoisotopic (exact) mass is 634 g/mol. The van der Waals surface area contributed by atoms with Gasteiger partial charge in [-0.05, 0) is 66.3 Å². The molecular weight excluding hydrogens is 605 g/mol. The van der Waals surface area contributed by atoms with Crippen molar-refractivity contribution in [3.63, 3.8) is 0 Å². The highest BCUT2D eigenvalue weighted by atomic mass is 32.2. The SMILES string of the molecule is Cc1ccc([C@H](CC(=O)O)c2ccn3c(C(F)(F)F)nnc3c2)cc1CN1C[C@@H]2CCCN2c2ncccc2S1(=O)=O.S. The summed E-state index contributed by atoms with van der Waals surface area (Å²) in [7, 11) is -3.89. The van der Waals surface area contributed by atoms with Crippen molar-refractivity contribution in [3.8, 4) is 0 Å². The van der Waals surface area contributed by atoms with E-state index in [9.17, 15) is 31.5 Å². The van der Waals surface area contributed by atoms with E-state index in [1.165, 1.54) is 22.6 Å². The second-order valence-corrected chi connectivity index (χ2v) is 12.6. The van der Waals surface area contributed by atoms with E-state index in [1.807, 2.05) is 6.92 Å². The average Bonchev–Trinajstić information content (AvgIpc) is 3.57. The predicted molar refractivity (Wildman–Crippen MR) is 156 cm³/mol. The minimum atomic E-state index is -4.70. The van der Waals surface area contributed by atoms with Gasteiger partial charge >= 0.3 is 12.1 Å². The Morgan fingerprint density at radius 2 is 1.91 bits per heavy atom. The number of aryl methyl sites for hydroxylation is 1. The summed E-state index contributed by atoms with van der Waals surface area (Å²) in [6.45, 7) is 2.93. The first kappa shape index (κ1) is 30.8. The molecule has 1 fully saturated rings. The Balaban J connectivity index is 0.00000368. The van der Waals surface area contributed by atoms with E-state index in [4.69, 9.17) is 0 Å². The van der Waals surface area contributed by atoms with Crippen LogP contribution in [0.5, 0.6) is 0 Å². The minimum absolute atomic E-state index is 0. The number of halogens is 3. The fraction of sp³-hybridized carbons (Fsp3) is 0.357. The van der Waals surface area contributed by atoms with Crippen molar-refractivity contribution < 1.29 is 31.5 Å².